The van der Waals surface area contributed by atoms with Crippen LogP contribution in [-0.4, -0.2) is 47.6 Å². The first-order valence-electron chi connectivity index (χ1n) is 12.2. The summed E-state index contributed by atoms with van der Waals surface area (Å²) in [6.45, 7) is 1.13. The first-order valence-corrected chi connectivity index (χ1v) is 12.2. The third-order valence-corrected chi connectivity index (χ3v) is 7.13. The number of rotatable bonds is 8. The van der Waals surface area contributed by atoms with Crippen LogP contribution < -0.4 is 10.1 Å². The second-order valence-electron chi connectivity index (χ2n) is 9.46. The third kappa shape index (κ3) is 4.80. The Kier molecular flexibility index (Phi) is 6.55. The first kappa shape index (κ1) is 23.1. The van der Waals surface area contributed by atoms with Gasteiger partial charge in [0.2, 0.25) is 0 Å². The highest BCUT2D eigenvalue weighted by Crippen LogP contribution is 2.34. The van der Waals surface area contributed by atoms with Crippen LogP contribution in [0.3, 0.4) is 0 Å². The molecule has 3 aromatic rings. The number of methoxy groups -OCH3 is 1. The van der Waals surface area contributed by atoms with Crippen LogP contribution in [0.4, 0.5) is 4.79 Å². The molecule has 2 saturated heterocycles. The zero-order valence-corrected chi connectivity index (χ0v) is 20.0. The van der Waals surface area contributed by atoms with E-state index in [0.717, 1.165) is 36.3 Å². The van der Waals surface area contributed by atoms with Crippen molar-refractivity contribution >= 4 is 11.9 Å². The highest BCUT2D eigenvalue weighted by Gasteiger charge is 2.51. The lowest BCUT2D eigenvalue weighted by molar-refractivity contribution is -0.133. The number of carbonyl (C=O) groups is 2. The van der Waals surface area contributed by atoms with E-state index in [0.29, 0.717) is 12.8 Å². The zero-order valence-electron chi connectivity index (χ0n) is 20.0. The van der Waals surface area contributed by atoms with Crippen LogP contribution in [0, 0.1) is 0 Å². The number of benzene rings is 3. The summed E-state index contributed by atoms with van der Waals surface area (Å²) in [6.07, 6.45) is 2.92. The van der Waals surface area contributed by atoms with E-state index in [1.807, 2.05) is 72.8 Å². The molecule has 0 aliphatic carbocycles. The molecule has 1 N–H and O–H groups in total. The average Bonchev–Trinajstić information content (AvgIpc) is 3.44. The summed E-state index contributed by atoms with van der Waals surface area (Å²) in [4.78, 5) is 30.9. The summed E-state index contributed by atoms with van der Waals surface area (Å²) in [6, 6.07) is 27.7. The van der Waals surface area contributed by atoms with E-state index in [1.165, 1.54) is 10.5 Å². The number of hydrogen-bond acceptors (Lipinski definition) is 4. The number of hydrogen-bond donors (Lipinski definition) is 1. The lowest BCUT2D eigenvalue weighted by Gasteiger charge is -2.30. The first-order chi connectivity index (χ1) is 17.1. The lowest BCUT2D eigenvalue weighted by atomic mass is 9.84. The quantitative estimate of drug-likeness (QED) is 0.491. The molecular formula is C29H31N3O3. The molecular weight excluding hydrogens is 438 g/mol. The molecule has 0 saturated carbocycles. The highest BCUT2D eigenvalue weighted by molar-refractivity contribution is 6.07. The van der Waals surface area contributed by atoms with Crippen LogP contribution in [0.15, 0.2) is 84.9 Å². The second-order valence-corrected chi connectivity index (χ2v) is 9.46. The number of nitrogens with one attached hydrogen (secondary N) is 1. The molecule has 3 amide bonds. The van der Waals surface area contributed by atoms with Gasteiger partial charge in [-0.2, -0.15) is 0 Å². The van der Waals surface area contributed by atoms with Gasteiger partial charge in [0.25, 0.3) is 5.91 Å². The number of ether oxygens (including phenoxy) is 1. The van der Waals surface area contributed by atoms with Crippen LogP contribution in [0.25, 0.3) is 0 Å². The molecule has 0 aromatic heterocycles. The third-order valence-electron chi connectivity index (χ3n) is 7.13. The van der Waals surface area contributed by atoms with Crippen molar-refractivity contribution in [1.82, 2.24) is 15.1 Å². The molecule has 1 atom stereocenters. The standard InChI is InChI=1S/C29H31N3O3/c1-35-25-16-14-24(15-17-25)26-13-8-18-31(26)21-32-27(33)29(30-28(32)34,19-22-9-4-2-5-10-22)20-23-11-6-3-7-12-23/h2-7,9-12,14-17,26H,8,13,18-21H2,1H3,(H,30,34)/t26-/m1/s1. The van der Waals surface area contributed by atoms with E-state index >= 15 is 0 Å². The molecule has 180 valence electrons. The highest BCUT2D eigenvalue weighted by atomic mass is 16.5. The second kappa shape index (κ2) is 9.92. The minimum atomic E-state index is -1.00. The maximum atomic E-state index is 14.0. The normalized spacial score (nSPS) is 19.7. The van der Waals surface area contributed by atoms with Gasteiger partial charge in [-0.25, -0.2) is 9.69 Å². The minimum absolute atomic E-state index is 0.157. The van der Waals surface area contributed by atoms with Crippen molar-refractivity contribution in [1.29, 1.82) is 0 Å². The summed E-state index contributed by atoms with van der Waals surface area (Å²) >= 11 is 0. The van der Waals surface area contributed by atoms with Gasteiger partial charge in [-0.1, -0.05) is 72.8 Å². The maximum Gasteiger partial charge on any atom is 0.326 e. The summed E-state index contributed by atoms with van der Waals surface area (Å²) in [5.74, 6) is 0.662. The maximum absolute atomic E-state index is 14.0. The molecule has 3 aromatic carbocycles. The monoisotopic (exact) mass is 469 g/mol. The fraction of sp³-hybridized carbons (Fsp3) is 0.310. The van der Waals surface area contributed by atoms with E-state index in [-0.39, 0.29) is 24.6 Å². The van der Waals surface area contributed by atoms with E-state index < -0.39 is 5.54 Å². The number of likely N-dealkylation sites (tertiary alicyclic amines) is 1. The molecule has 2 aliphatic heterocycles. The Balaban J connectivity index is 1.39. The molecule has 6 nitrogen and oxygen atoms in total. The fourth-order valence-electron chi connectivity index (χ4n) is 5.38. The van der Waals surface area contributed by atoms with Crippen LogP contribution in [0.2, 0.25) is 0 Å². The van der Waals surface area contributed by atoms with Gasteiger partial charge in [-0.15, -0.1) is 0 Å². The molecule has 0 spiro atoms. The van der Waals surface area contributed by atoms with Gasteiger partial charge in [0.05, 0.1) is 13.8 Å². The molecule has 2 fully saturated rings. The van der Waals surface area contributed by atoms with Crippen molar-refractivity contribution in [2.24, 2.45) is 0 Å². The predicted octanol–water partition coefficient (Wildman–Crippen LogP) is 4.57. The number of nitrogens with zero attached hydrogens (tertiary/aromatic N) is 2. The molecule has 0 radical (unpaired) electrons. The molecule has 0 unspecified atom stereocenters. The largest absolute Gasteiger partial charge is 0.497 e. The van der Waals surface area contributed by atoms with Crippen LogP contribution in [0.5, 0.6) is 5.75 Å². The Labute approximate surface area is 206 Å². The topological polar surface area (TPSA) is 61.9 Å². The van der Waals surface area contributed by atoms with Crippen molar-refractivity contribution in [3.8, 4) is 5.75 Å². The zero-order chi connectivity index (χ0) is 24.3. The van der Waals surface area contributed by atoms with Gasteiger partial charge in [0, 0.05) is 25.4 Å². The molecule has 2 aliphatic rings. The fourth-order valence-corrected chi connectivity index (χ4v) is 5.38. The van der Waals surface area contributed by atoms with Gasteiger partial charge < -0.3 is 10.1 Å². The van der Waals surface area contributed by atoms with Gasteiger partial charge in [0.15, 0.2) is 0 Å². The number of amides is 3. The van der Waals surface area contributed by atoms with Crippen molar-refractivity contribution in [3.63, 3.8) is 0 Å². The summed E-state index contributed by atoms with van der Waals surface area (Å²) in [7, 11) is 1.66. The lowest BCUT2D eigenvalue weighted by Crippen LogP contribution is -2.51. The number of urea groups is 1. The van der Waals surface area contributed by atoms with Crippen LogP contribution >= 0.6 is 0 Å². The van der Waals surface area contributed by atoms with Crippen LogP contribution in [-0.2, 0) is 17.6 Å². The predicted molar refractivity (Wildman–Crippen MR) is 135 cm³/mol. The smallest absolute Gasteiger partial charge is 0.326 e. The van der Waals surface area contributed by atoms with E-state index in [4.69, 9.17) is 4.74 Å². The van der Waals surface area contributed by atoms with Gasteiger partial charge in [-0.05, 0) is 41.7 Å². The summed E-state index contributed by atoms with van der Waals surface area (Å²) in [5, 5.41) is 3.10. The molecule has 5 rings (SSSR count). The van der Waals surface area contributed by atoms with Crippen molar-refractivity contribution in [3.05, 3.63) is 102 Å². The summed E-state index contributed by atoms with van der Waals surface area (Å²) < 4.78 is 5.30. The van der Waals surface area contributed by atoms with Gasteiger partial charge in [0.1, 0.15) is 11.3 Å². The molecule has 2 heterocycles. The Morgan fingerprint density at radius 3 is 2.06 bits per heavy atom. The van der Waals surface area contributed by atoms with Crippen LogP contribution in [0.1, 0.15) is 35.6 Å². The van der Waals surface area contributed by atoms with Crippen molar-refractivity contribution in [2.45, 2.75) is 37.3 Å². The van der Waals surface area contributed by atoms with E-state index in [1.54, 1.807) is 7.11 Å². The number of imide groups is 1. The van der Waals surface area contributed by atoms with Crippen molar-refractivity contribution < 1.29 is 14.3 Å². The molecule has 6 heteroatoms. The Bertz CT molecular complexity index is 1120. The Hall–Kier alpha value is -3.64. The van der Waals surface area contributed by atoms with Gasteiger partial charge >= 0.3 is 6.03 Å². The average molecular weight is 470 g/mol. The Morgan fingerprint density at radius 1 is 0.886 bits per heavy atom. The Morgan fingerprint density at radius 2 is 1.49 bits per heavy atom. The SMILES string of the molecule is COc1ccc([C@H]2CCCN2CN2C(=O)NC(Cc3ccccc3)(Cc3ccccc3)C2=O)cc1. The molecule has 0 bridgehead atoms. The minimum Gasteiger partial charge on any atom is -0.497 e. The van der Waals surface area contributed by atoms with E-state index in [2.05, 4.69) is 22.3 Å². The van der Waals surface area contributed by atoms with Gasteiger partial charge in [-0.3, -0.25) is 9.69 Å². The molecule has 35 heavy (non-hydrogen) atoms. The van der Waals surface area contributed by atoms with E-state index in [9.17, 15) is 9.59 Å². The summed E-state index contributed by atoms with van der Waals surface area (Å²) in [5.41, 5.74) is 2.22. The number of carbonyl (C=O) groups excluding carboxylic acids is 2. The van der Waals surface area contributed by atoms with Crippen molar-refractivity contribution in [2.75, 3.05) is 20.3 Å².